The third kappa shape index (κ3) is 5.10. The minimum absolute atomic E-state index is 0.0930. The van der Waals surface area contributed by atoms with Crippen LogP contribution >= 0.6 is 0 Å². The Morgan fingerprint density at radius 3 is 2.10 bits per heavy atom. The fourth-order valence-electron chi connectivity index (χ4n) is 2.44. The zero-order valence-electron chi connectivity index (χ0n) is 12.5. The lowest BCUT2D eigenvalue weighted by Crippen LogP contribution is -2.23. The molecular weight excluding hydrogens is 256 g/mol. The van der Waals surface area contributed by atoms with Crippen molar-refractivity contribution in [1.82, 2.24) is 0 Å². The fourth-order valence-corrected chi connectivity index (χ4v) is 2.44. The fraction of sp³-hybridized carbons (Fsp3) is 0.300. The Morgan fingerprint density at radius 1 is 0.952 bits per heavy atom. The second kappa shape index (κ2) is 8.29. The van der Waals surface area contributed by atoms with Crippen molar-refractivity contribution in [2.45, 2.75) is 32.5 Å². The summed E-state index contributed by atoms with van der Waals surface area (Å²) >= 11 is 0. The molecule has 0 heterocycles. The molecule has 0 N–H and O–H groups in total. The summed E-state index contributed by atoms with van der Waals surface area (Å²) in [5.41, 5.74) is 2.52. The minimum atomic E-state index is 0.0930. The average Bonchev–Trinajstić information content (AvgIpc) is 2.53. The second-order valence-corrected chi connectivity index (χ2v) is 5.41. The molecule has 2 atom stereocenters. The van der Waals surface area contributed by atoms with E-state index in [4.69, 9.17) is 11.2 Å². The summed E-state index contributed by atoms with van der Waals surface area (Å²) in [5.74, 6) is 3.14. The number of terminal acetylenes is 1. The van der Waals surface area contributed by atoms with Crippen molar-refractivity contribution >= 4 is 0 Å². The zero-order chi connectivity index (χ0) is 14.9. The summed E-state index contributed by atoms with van der Waals surface area (Å²) in [6.07, 6.45) is 7.23. The standard InChI is InChI=1S/C20H22O/c1-3-10-20(21-16-19-13-8-5-9-14-19)17(2)15-18-11-6-4-7-12-18/h1,4-9,11-14,17,20H,10,15-16H2,2H3/t17-,20-/m1/s1. The molecule has 21 heavy (non-hydrogen) atoms. The van der Waals surface area contributed by atoms with Gasteiger partial charge in [-0.3, -0.25) is 0 Å². The largest absolute Gasteiger partial charge is 0.372 e. The first kappa shape index (κ1) is 15.4. The van der Waals surface area contributed by atoms with Crippen LogP contribution in [0.1, 0.15) is 24.5 Å². The molecule has 0 aliphatic rings. The van der Waals surface area contributed by atoms with E-state index in [2.05, 4.69) is 49.2 Å². The topological polar surface area (TPSA) is 9.23 Å². The maximum atomic E-state index is 6.06. The van der Waals surface area contributed by atoms with Gasteiger partial charge in [-0.2, -0.15) is 0 Å². The van der Waals surface area contributed by atoms with Crippen molar-refractivity contribution in [2.24, 2.45) is 5.92 Å². The van der Waals surface area contributed by atoms with E-state index < -0.39 is 0 Å². The third-order valence-corrected chi connectivity index (χ3v) is 3.66. The van der Waals surface area contributed by atoms with E-state index >= 15 is 0 Å². The number of hydrogen-bond acceptors (Lipinski definition) is 1. The van der Waals surface area contributed by atoms with E-state index in [0.29, 0.717) is 18.9 Å². The molecule has 2 aromatic carbocycles. The highest BCUT2D eigenvalue weighted by atomic mass is 16.5. The molecule has 2 aromatic rings. The molecule has 0 bridgehead atoms. The molecule has 0 saturated carbocycles. The number of ether oxygens (including phenoxy) is 1. The smallest absolute Gasteiger partial charge is 0.0721 e. The summed E-state index contributed by atoms with van der Waals surface area (Å²) < 4.78 is 6.06. The van der Waals surface area contributed by atoms with Crippen LogP contribution in [0.3, 0.4) is 0 Å². The van der Waals surface area contributed by atoms with Crippen molar-refractivity contribution < 1.29 is 4.74 Å². The lowest BCUT2D eigenvalue weighted by atomic mass is 9.94. The zero-order valence-corrected chi connectivity index (χ0v) is 12.5. The Kier molecular flexibility index (Phi) is 6.06. The van der Waals surface area contributed by atoms with E-state index in [1.54, 1.807) is 0 Å². The number of rotatable bonds is 7. The van der Waals surface area contributed by atoms with Crippen molar-refractivity contribution in [3.63, 3.8) is 0 Å². The van der Waals surface area contributed by atoms with Crippen LogP contribution in [-0.4, -0.2) is 6.10 Å². The summed E-state index contributed by atoms with van der Waals surface area (Å²) in [6, 6.07) is 20.7. The van der Waals surface area contributed by atoms with Crippen LogP contribution in [-0.2, 0) is 17.8 Å². The van der Waals surface area contributed by atoms with Crippen LogP contribution < -0.4 is 0 Å². The van der Waals surface area contributed by atoms with Gasteiger partial charge in [-0.25, -0.2) is 0 Å². The van der Waals surface area contributed by atoms with Gasteiger partial charge in [0.05, 0.1) is 12.7 Å². The molecule has 0 spiro atoms. The van der Waals surface area contributed by atoms with Gasteiger partial charge in [0.2, 0.25) is 0 Å². The highest BCUT2D eigenvalue weighted by Gasteiger charge is 2.17. The summed E-state index contributed by atoms with van der Waals surface area (Å²) in [4.78, 5) is 0. The van der Waals surface area contributed by atoms with Crippen LogP contribution in [0.2, 0.25) is 0 Å². The van der Waals surface area contributed by atoms with Crippen LogP contribution in [0.4, 0.5) is 0 Å². The highest BCUT2D eigenvalue weighted by molar-refractivity contribution is 5.16. The van der Waals surface area contributed by atoms with Gasteiger partial charge < -0.3 is 4.74 Å². The Bertz CT molecular complexity index is 553. The Morgan fingerprint density at radius 2 is 1.52 bits per heavy atom. The van der Waals surface area contributed by atoms with Crippen LogP contribution in [0, 0.1) is 18.3 Å². The first-order valence-electron chi connectivity index (χ1n) is 7.42. The predicted molar refractivity (Wildman–Crippen MR) is 87.8 cm³/mol. The molecule has 0 radical (unpaired) electrons. The summed E-state index contributed by atoms with van der Waals surface area (Å²) in [5, 5.41) is 0. The SMILES string of the molecule is C#CC[C@@H](OCc1ccccc1)[C@H](C)Cc1ccccc1. The minimum Gasteiger partial charge on any atom is -0.372 e. The van der Waals surface area contributed by atoms with Crippen LogP contribution in [0.5, 0.6) is 0 Å². The van der Waals surface area contributed by atoms with Gasteiger partial charge >= 0.3 is 0 Å². The monoisotopic (exact) mass is 278 g/mol. The lowest BCUT2D eigenvalue weighted by molar-refractivity contribution is 0.00930. The maximum absolute atomic E-state index is 6.06. The number of benzene rings is 2. The Hall–Kier alpha value is -2.04. The van der Waals surface area contributed by atoms with E-state index in [1.807, 2.05) is 24.3 Å². The van der Waals surface area contributed by atoms with E-state index in [1.165, 1.54) is 11.1 Å². The molecule has 0 amide bonds. The van der Waals surface area contributed by atoms with Crippen molar-refractivity contribution in [2.75, 3.05) is 0 Å². The van der Waals surface area contributed by atoms with Gasteiger partial charge in [0.1, 0.15) is 0 Å². The molecule has 0 aliphatic heterocycles. The quantitative estimate of drug-likeness (QED) is 0.679. The molecule has 1 heteroatoms. The van der Waals surface area contributed by atoms with Gasteiger partial charge in [-0.05, 0) is 23.5 Å². The molecule has 0 aliphatic carbocycles. The molecule has 0 fully saturated rings. The Labute approximate surface area is 128 Å². The average molecular weight is 278 g/mol. The molecular formula is C20H22O. The van der Waals surface area contributed by atoms with Gasteiger partial charge in [-0.1, -0.05) is 67.6 Å². The maximum Gasteiger partial charge on any atom is 0.0721 e. The van der Waals surface area contributed by atoms with Gasteiger partial charge in [0, 0.05) is 6.42 Å². The molecule has 0 saturated heterocycles. The molecule has 1 nitrogen and oxygen atoms in total. The molecule has 108 valence electrons. The van der Waals surface area contributed by atoms with Crippen molar-refractivity contribution in [3.05, 3.63) is 71.8 Å². The van der Waals surface area contributed by atoms with E-state index in [9.17, 15) is 0 Å². The second-order valence-electron chi connectivity index (χ2n) is 5.41. The first-order valence-corrected chi connectivity index (χ1v) is 7.42. The van der Waals surface area contributed by atoms with Crippen molar-refractivity contribution in [3.8, 4) is 12.3 Å². The summed E-state index contributed by atoms with van der Waals surface area (Å²) in [7, 11) is 0. The molecule has 0 unspecified atom stereocenters. The third-order valence-electron chi connectivity index (χ3n) is 3.66. The normalized spacial score (nSPS) is 13.3. The van der Waals surface area contributed by atoms with Gasteiger partial charge in [0.15, 0.2) is 0 Å². The van der Waals surface area contributed by atoms with Crippen molar-refractivity contribution in [1.29, 1.82) is 0 Å². The number of hydrogen-bond donors (Lipinski definition) is 0. The van der Waals surface area contributed by atoms with E-state index in [-0.39, 0.29) is 6.10 Å². The predicted octanol–water partition coefficient (Wildman–Crippen LogP) is 4.47. The lowest BCUT2D eigenvalue weighted by Gasteiger charge is -2.23. The Balaban J connectivity index is 1.93. The van der Waals surface area contributed by atoms with Gasteiger partial charge in [-0.15, -0.1) is 12.3 Å². The van der Waals surface area contributed by atoms with E-state index in [0.717, 1.165) is 6.42 Å². The van der Waals surface area contributed by atoms with Crippen LogP contribution in [0.15, 0.2) is 60.7 Å². The molecule has 2 rings (SSSR count). The van der Waals surface area contributed by atoms with Crippen LogP contribution in [0.25, 0.3) is 0 Å². The molecule has 0 aromatic heterocycles. The summed E-state index contributed by atoms with van der Waals surface area (Å²) in [6.45, 7) is 2.83. The van der Waals surface area contributed by atoms with Gasteiger partial charge in [0.25, 0.3) is 0 Å². The highest BCUT2D eigenvalue weighted by Crippen LogP contribution is 2.18. The first-order chi connectivity index (χ1) is 10.3.